The summed E-state index contributed by atoms with van der Waals surface area (Å²) in [5, 5.41) is 4.33. The van der Waals surface area contributed by atoms with Gasteiger partial charge in [-0.3, -0.25) is 0 Å². The molecule has 2 rings (SSSR count). The van der Waals surface area contributed by atoms with Crippen molar-refractivity contribution in [2.45, 2.75) is 31.4 Å². The van der Waals surface area contributed by atoms with Crippen molar-refractivity contribution < 1.29 is 4.74 Å². The van der Waals surface area contributed by atoms with Crippen LogP contribution in [0.2, 0.25) is 5.02 Å². The van der Waals surface area contributed by atoms with Crippen LogP contribution in [-0.4, -0.2) is 25.8 Å². The van der Waals surface area contributed by atoms with E-state index in [9.17, 15) is 0 Å². The first-order valence-corrected chi connectivity index (χ1v) is 6.16. The average Bonchev–Trinajstić information content (AvgIpc) is 2.32. The van der Waals surface area contributed by atoms with E-state index in [4.69, 9.17) is 16.3 Å². The molecule has 0 bridgehead atoms. The van der Waals surface area contributed by atoms with Crippen LogP contribution in [0.25, 0.3) is 0 Å². The molecule has 88 valence electrons. The van der Waals surface area contributed by atoms with Crippen molar-refractivity contribution in [2.24, 2.45) is 0 Å². The molecule has 1 saturated heterocycles. The van der Waals surface area contributed by atoms with Gasteiger partial charge in [0.15, 0.2) is 0 Å². The van der Waals surface area contributed by atoms with Crippen LogP contribution in [0.15, 0.2) is 24.3 Å². The van der Waals surface area contributed by atoms with Crippen LogP contribution in [0.1, 0.15) is 18.4 Å². The van der Waals surface area contributed by atoms with E-state index in [0.717, 1.165) is 30.8 Å². The Morgan fingerprint density at radius 3 is 2.81 bits per heavy atom. The number of halogens is 1. The first-order valence-electron chi connectivity index (χ1n) is 5.78. The fraction of sp³-hybridized carbons (Fsp3) is 0.538. The van der Waals surface area contributed by atoms with Gasteiger partial charge in [-0.05, 0) is 43.5 Å². The first-order chi connectivity index (χ1) is 7.78. The molecule has 0 aliphatic carbocycles. The molecular formula is C13H18ClNO. The van der Waals surface area contributed by atoms with E-state index >= 15 is 0 Å². The summed E-state index contributed by atoms with van der Waals surface area (Å²) in [6.45, 7) is 1.05. The Morgan fingerprint density at radius 1 is 1.38 bits per heavy atom. The molecule has 0 radical (unpaired) electrons. The highest BCUT2D eigenvalue weighted by Crippen LogP contribution is 2.17. The highest BCUT2D eigenvalue weighted by Gasteiger charge is 2.20. The predicted octanol–water partition coefficient (Wildman–Crippen LogP) is 2.65. The Kier molecular flexibility index (Phi) is 4.22. The zero-order valence-electron chi connectivity index (χ0n) is 9.58. The second kappa shape index (κ2) is 5.67. The molecule has 1 aliphatic heterocycles. The van der Waals surface area contributed by atoms with Crippen LogP contribution in [0.4, 0.5) is 0 Å². The van der Waals surface area contributed by atoms with Crippen molar-refractivity contribution in [3.05, 3.63) is 34.9 Å². The average molecular weight is 240 g/mol. The van der Waals surface area contributed by atoms with Gasteiger partial charge in [-0.15, -0.1) is 0 Å². The van der Waals surface area contributed by atoms with Gasteiger partial charge < -0.3 is 10.1 Å². The zero-order chi connectivity index (χ0) is 11.4. The van der Waals surface area contributed by atoms with Crippen molar-refractivity contribution in [3.63, 3.8) is 0 Å². The SMILES string of the molecule is CO[C@H]1CCN[C@@H](Cc2ccc(Cl)cc2)C1. The summed E-state index contributed by atoms with van der Waals surface area (Å²) in [7, 11) is 1.80. The van der Waals surface area contributed by atoms with Gasteiger partial charge in [0.1, 0.15) is 0 Å². The summed E-state index contributed by atoms with van der Waals surface area (Å²) in [5.74, 6) is 0. The Morgan fingerprint density at radius 2 is 2.12 bits per heavy atom. The molecule has 0 saturated carbocycles. The predicted molar refractivity (Wildman–Crippen MR) is 67.0 cm³/mol. The van der Waals surface area contributed by atoms with Crippen molar-refractivity contribution >= 4 is 11.6 Å². The number of nitrogens with one attached hydrogen (secondary N) is 1. The number of methoxy groups -OCH3 is 1. The fourth-order valence-corrected chi connectivity index (χ4v) is 2.37. The monoisotopic (exact) mass is 239 g/mol. The molecule has 1 N–H and O–H groups in total. The standard InChI is InChI=1S/C13H18ClNO/c1-16-13-6-7-15-12(9-13)8-10-2-4-11(14)5-3-10/h2-5,12-13,15H,6-9H2,1H3/t12-,13-/m0/s1. The molecule has 16 heavy (non-hydrogen) atoms. The molecule has 0 spiro atoms. The Hall–Kier alpha value is -0.570. The van der Waals surface area contributed by atoms with Crippen molar-refractivity contribution in [3.8, 4) is 0 Å². The summed E-state index contributed by atoms with van der Waals surface area (Å²) in [4.78, 5) is 0. The lowest BCUT2D eigenvalue weighted by molar-refractivity contribution is 0.0621. The van der Waals surface area contributed by atoms with Gasteiger partial charge in [0.05, 0.1) is 6.10 Å². The number of hydrogen-bond acceptors (Lipinski definition) is 2. The maximum atomic E-state index is 5.86. The molecule has 0 unspecified atom stereocenters. The van der Waals surface area contributed by atoms with Crippen LogP contribution >= 0.6 is 11.6 Å². The maximum Gasteiger partial charge on any atom is 0.0598 e. The minimum absolute atomic E-state index is 0.415. The maximum absolute atomic E-state index is 5.86. The van der Waals surface area contributed by atoms with Crippen molar-refractivity contribution in [1.29, 1.82) is 0 Å². The van der Waals surface area contributed by atoms with Gasteiger partial charge in [0, 0.05) is 18.2 Å². The fourth-order valence-electron chi connectivity index (χ4n) is 2.24. The number of piperidine rings is 1. The molecule has 1 heterocycles. The van der Waals surface area contributed by atoms with E-state index in [-0.39, 0.29) is 0 Å². The van der Waals surface area contributed by atoms with Crippen LogP contribution in [0.5, 0.6) is 0 Å². The van der Waals surface area contributed by atoms with E-state index in [2.05, 4.69) is 17.4 Å². The van der Waals surface area contributed by atoms with Crippen LogP contribution in [0, 0.1) is 0 Å². The minimum atomic E-state index is 0.415. The molecule has 1 aromatic rings. The van der Waals surface area contributed by atoms with Crippen LogP contribution < -0.4 is 5.32 Å². The topological polar surface area (TPSA) is 21.3 Å². The highest BCUT2D eigenvalue weighted by atomic mass is 35.5. The third-order valence-electron chi connectivity index (χ3n) is 3.18. The minimum Gasteiger partial charge on any atom is -0.381 e. The number of rotatable bonds is 3. The summed E-state index contributed by atoms with van der Waals surface area (Å²) in [5.41, 5.74) is 1.33. The van der Waals surface area contributed by atoms with E-state index in [1.807, 2.05) is 12.1 Å². The third-order valence-corrected chi connectivity index (χ3v) is 3.43. The molecule has 2 atom stereocenters. The summed E-state index contributed by atoms with van der Waals surface area (Å²) in [6.07, 6.45) is 3.68. The van der Waals surface area contributed by atoms with Gasteiger partial charge >= 0.3 is 0 Å². The molecule has 0 aromatic heterocycles. The molecule has 2 nitrogen and oxygen atoms in total. The number of hydrogen-bond donors (Lipinski definition) is 1. The Labute approximate surface area is 102 Å². The van der Waals surface area contributed by atoms with Crippen LogP contribution in [-0.2, 0) is 11.2 Å². The third kappa shape index (κ3) is 3.21. The number of benzene rings is 1. The van der Waals surface area contributed by atoms with E-state index < -0.39 is 0 Å². The second-order valence-corrected chi connectivity index (χ2v) is 4.80. The summed E-state index contributed by atoms with van der Waals surface area (Å²) < 4.78 is 5.42. The summed E-state index contributed by atoms with van der Waals surface area (Å²) in [6, 6.07) is 8.63. The van der Waals surface area contributed by atoms with Gasteiger partial charge in [0.2, 0.25) is 0 Å². The van der Waals surface area contributed by atoms with Gasteiger partial charge in [-0.2, -0.15) is 0 Å². The smallest absolute Gasteiger partial charge is 0.0598 e. The normalized spacial score (nSPS) is 25.6. The summed E-state index contributed by atoms with van der Waals surface area (Å²) >= 11 is 5.86. The van der Waals surface area contributed by atoms with Gasteiger partial charge in [-0.1, -0.05) is 23.7 Å². The largest absolute Gasteiger partial charge is 0.381 e. The van der Waals surface area contributed by atoms with E-state index in [1.165, 1.54) is 5.56 Å². The molecule has 3 heteroatoms. The van der Waals surface area contributed by atoms with Crippen molar-refractivity contribution in [1.82, 2.24) is 5.32 Å². The Balaban J connectivity index is 1.91. The van der Waals surface area contributed by atoms with Gasteiger partial charge in [0.25, 0.3) is 0 Å². The lowest BCUT2D eigenvalue weighted by Crippen LogP contribution is -2.42. The van der Waals surface area contributed by atoms with Crippen LogP contribution in [0.3, 0.4) is 0 Å². The molecule has 0 amide bonds. The van der Waals surface area contributed by atoms with Gasteiger partial charge in [-0.25, -0.2) is 0 Å². The number of ether oxygens (including phenoxy) is 1. The quantitative estimate of drug-likeness (QED) is 0.876. The molecule has 1 fully saturated rings. The molecule has 1 aliphatic rings. The second-order valence-electron chi connectivity index (χ2n) is 4.36. The lowest BCUT2D eigenvalue weighted by Gasteiger charge is -2.29. The molecule has 1 aromatic carbocycles. The van der Waals surface area contributed by atoms with E-state index in [0.29, 0.717) is 12.1 Å². The first kappa shape index (κ1) is 11.9. The van der Waals surface area contributed by atoms with E-state index in [1.54, 1.807) is 7.11 Å². The Bertz CT molecular complexity index is 325. The molecular weight excluding hydrogens is 222 g/mol. The highest BCUT2D eigenvalue weighted by molar-refractivity contribution is 6.30. The zero-order valence-corrected chi connectivity index (χ0v) is 10.3. The lowest BCUT2D eigenvalue weighted by atomic mass is 9.96. The van der Waals surface area contributed by atoms with Crippen molar-refractivity contribution in [2.75, 3.05) is 13.7 Å².